The molecule has 0 aliphatic rings. The summed E-state index contributed by atoms with van der Waals surface area (Å²) >= 11 is 0. The molecular weight excluding hydrogens is 959 g/mol. The molecule has 0 saturated heterocycles. The van der Waals surface area contributed by atoms with Crippen LogP contribution in [-0.2, 0) is 47.9 Å². The number of nitrogens with two attached hydrogens (primary N) is 4. The molecule has 11 atom stereocenters. The van der Waals surface area contributed by atoms with Crippen LogP contribution in [-0.4, -0.2) is 169 Å². The molecule has 29 heteroatoms. The summed E-state index contributed by atoms with van der Waals surface area (Å²) in [4.78, 5) is 132. The second-order valence-corrected chi connectivity index (χ2v) is 17.7. The van der Waals surface area contributed by atoms with Crippen LogP contribution in [0.2, 0.25) is 0 Å². The zero-order valence-corrected chi connectivity index (χ0v) is 43.0. The number of guanidine groups is 2. The molecule has 9 amide bonds. The Balaban J connectivity index is 6.28. The van der Waals surface area contributed by atoms with Crippen molar-refractivity contribution in [2.75, 3.05) is 33.3 Å². The van der Waals surface area contributed by atoms with Gasteiger partial charge >= 0.3 is 5.97 Å². The number of aliphatic carboxylic acids is 1. The van der Waals surface area contributed by atoms with Crippen LogP contribution < -0.4 is 81.4 Å². The first-order valence-electron chi connectivity index (χ1n) is 24.4. The third-order valence-electron chi connectivity index (χ3n) is 11.8. The zero-order chi connectivity index (χ0) is 56.0. The highest BCUT2D eigenvalue weighted by Crippen LogP contribution is 2.12. The molecule has 416 valence electrons. The van der Waals surface area contributed by atoms with Crippen LogP contribution in [0.3, 0.4) is 0 Å². The minimum atomic E-state index is -1.81. The first kappa shape index (κ1) is 66.1. The third kappa shape index (κ3) is 25.9. The van der Waals surface area contributed by atoms with Crippen molar-refractivity contribution < 1.29 is 58.2 Å². The summed E-state index contributed by atoms with van der Waals surface area (Å²) in [6.45, 7) is 8.95. The van der Waals surface area contributed by atoms with Gasteiger partial charge in [0.05, 0.1) is 19.1 Å². The molecule has 29 nitrogen and oxygen atoms in total. The highest BCUT2D eigenvalue weighted by molar-refractivity contribution is 5.99. The first-order chi connectivity index (χ1) is 34.3. The molecule has 0 aliphatic carbocycles. The summed E-state index contributed by atoms with van der Waals surface area (Å²) in [6.07, 6.45) is 1.81. The number of rotatable bonds is 37. The molecular formula is C44H83N17O12. The van der Waals surface area contributed by atoms with E-state index in [2.05, 4.69) is 58.5 Å². The Labute approximate surface area is 425 Å². The largest absolute Gasteiger partial charge is 0.481 e. The number of carboxylic acid groups (broad SMARTS) is 1. The lowest BCUT2D eigenvalue weighted by atomic mass is 9.97. The van der Waals surface area contributed by atoms with Gasteiger partial charge in [0.15, 0.2) is 11.9 Å². The molecule has 73 heavy (non-hydrogen) atoms. The molecule has 0 aromatic rings. The second kappa shape index (κ2) is 35.3. The minimum Gasteiger partial charge on any atom is -0.481 e. The molecule has 0 bridgehead atoms. The summed E-state index contributed by atoms with van der Waals surface area (Å²) in [5.41, 5.74) is 21.8. The number of unbranched alkanes of at least 4 members (excludes halogenated alkanes) is 1. The van der Waals surface area contributed by atoms with Crippen molar-refractivity contribution >= 4 is 71.1 Å². The molecule has 0 rings (SSSR count). The van der Waals surface area contributed by atoms with Crippen molar-refractivity contribution in [3.05, 3.63) is 0 Å². The van der Waals surface area contributed by atoms with Crippen molar-refractivity contribution in [1.29, 1.82) is 10.8 Å². The Morgan fingerprint density at radius 1 is 0.493 bits per heavy atom. The second-order valence-electron chi connectivity index (χ2n) is 17.7. The molecule has 23 N–H and O–H groups in total. The SMILES string of the molecule is CC[C@H](C)[C@H](NC(=O)[C@H](C)NC(=O)[C@@H](NC(=O)[C@H](CC(=O)O)NC(=O)[C@H](C)NC(=O)[C@H](CO)NC(=O)[C@H](CCCNC(=N)N)NC(=O)[C@H](CCCNC(=N)N)NC(=O)[C@H](CCCCN)NC)[C@@H](C)CC)C(N)=O. The molecule has 0 heterocycles. The van der Waals surface area contributed by atoms with Crippen molar-refractivity contribution in [1.82, 2.24) is 58.5 Å². The molecule has 0 aromatic heterocycles. The van der Waals surface area contributed by atoms with Gasteiger partial charge in [0.2, 0.25) is 53.2 Å². The molecule has 0 aliphatic heterocycles. The van der Waals surface area contributed by atoms with Crippen molar-refractivity contribution in [3.8, 4) is 0 Å². The van der Waals surface area contributed by atoms with E-state index < -0.39 is 132 Å². The van der Waals surface area contributed by atoms with E-state index in [-0.39, 0.29) is 56.6 Å². The van der Waals surface area contributed by atoms with Gasteiger partial charge in [0, 0.05) is 13.1 Å². The number of likely N-dealkylation sites (N-methyl/N-ethyl adjacent to an activating group) is 1. The quantitative estimate of drug-likeness (QED) is 0.0157. The first-order valence-corrected chi connectivity index (χ1v) is 24.4. The van der Waals surface area contributed by atoms with Crippen molar-refractivity contribution in [3.63, 3.8) is 0 Å². The predicted molar refractivity (Wildman–Crippen MR) is 268 cm³/mol. The van der Waals surface area contributed by atoms with Gasteiger partial charge in [-0.1, -0.05) is 47.0 Å². The number of carboxylic acids is 1. The number of carbonyl (C=O) groups excluding carboxylic acids is 9. The van der Waals surface area contributed by atoms with Crippen molar-refractivity contribution in [2.45, 2.75) is 160 Å². The average Bonchev–Trinajstić information content (AvgIpc) is 3.32. The molecule has 0 radical (unpaired) electrons. The Hall–Kier alpha value is -6.88. The zero-order valence-electron chi connectivity index (χ0n) is 43.0. The van der Waals surface area contributed by atoms with E-state index in [9.17, 15) is 58.2 Å². The van der Waals surface area contributed by atoms with Crippen molar-refractivity contribution in [2.24, 2.45) is 34.8 Å². The van der Waals surface area contributed by atoms with E-state index in [4.69, 9.17) is 33.8 Å². The van der Waals surface area contributed by atoms with E-state index in [1.54, 1.807) is 34.7 Å². The summed E-state index contributed by atoms with van der Waals surface area (Å²) in [7, 11) is 1.58. The Morgan fingerprint density at radius 2 is 0.877 bits per heavy atom. The number of amides is 9. The van der Waals surface area contributed by atoms with Crippen LogP contribution >= 0.6 is 0 Å². The van der Waals surface area contributed by atoms with E-state index in [1.165, 1.54) is 6.92 Å². The smallest absolute Gasteiger partial charge is 0.305 e. The monoisotopic (exact) mass is 1040 g/mol. The lowest BCUT2D eigenvalue weighted by molar-refractivity contribution is -0.141. The van der Waals surface area contributed by atoms with Gasteiger partial charge in [-0.05, 0) is 77.8 Å². The molecule has 0 aromatic carbocycles. The predicted octanol–water partition coefficient (Wildman–Crippen LogP) is -5.81. The molecule has 0 spiro atoms. The van der Waals surface area contributed by atoms with E-state index in [0.29, 0.717) is 38.6 Å². The number of aliphatic hydroxyl groups excluding tert-OH is 1. The summed E-state index contributed by atoms with van der Waals surface area (Å²) in [5, 5.41) is 62.4. The van der Waals surface area contributed by atoms with Gasteiger partial charge in [-0.3, -0.25) is 58.8 Å². The maximum absolute atomic E-state index is 13.8. The maximum Gasteiger partial charge on any atom is 0.305 e. The number of primary amides is 1. The Kier molecular flexibility index (Phi) is 32.0. The Morgan fingerprint density at radius 3 is 1.30 bits per heavy atom. The molecule has 0 unspecified atom stereocenters. The highest BCUT2D eigenvalue weighted by atomic mass is 16.4. The fourth-order valence-corrected chi connectivity index (χ4v) is 6.90. The lowest BCUT2D eigenvalue weighted by Gasteiger charge is -2.28. The average molecular weight is 1040 g/mol. The fraction of sp³-hybridized carbons (Fsp3) is 0.727. The van der Waals surface area contributed by atoms with Gasteiger partial charge in [0.1, 0.15) is 48.3 Å². The van der Waals surface area contributed by atoms with Crippen LogP contribution in [0.5, 0.6) is 0 Å². The molecule has 0 fully saturated rings. The lowest BCUT2D eigenvalue weighted by Crippen LogP contribution is -2.61. The van der Waals surface area contributed by atoms with Crippen LogP contribution in [0.15, 0.2) is 0 Å². The fourth-order valence-electron chi connectivity index (χ4n) is 6.90. The molecule has 0 saturated carbocycles. The highest BCUT2D eigenvalue weighted by Gasteiger charge is 2.35. The van der Waals surface area contributed by atoms with E-state index >= 15 is 0 Å². The number of hydrogen-bond donors (Lipinski definition) is 19. The summed E-state index contributed by atoms with van der Waals surface area (Å²) in [6, 6.07) is -12.0. The van der Waals surface area contributed by atoms with Gasteiger partial charge in [0.25, 0.3) is 0 Å². The summed E-state index contributed by atoms with van der Waals surface area (Å²) in [5.74, 6) is -11.1. The van der Waals surface area contributed by atoms with Crippen LogP contribution in [0.1, 0.15) is 106 Å². The number of aliphatic hydroxyl groups is 1. The van der Waals surface area contributed by atoms with E-state index in [1.807, 2.05) is 0 Å². The van der Waals surface area contributed by atoms with Crippen LogP contribution in [0, 0.1) is 22.7 Å². The normalized spacial score (nSPS) is 15.5. The maximum atomic E-state index is 13.8. The van der Waals surface area contributed by atoms with E-state index in [0.717, 1.165) is 6.92 Å². The number of hydrogen-bond acceptors (Lipinski definition) is 15. The summed E-state index contributed by atoms with van der Waals surface area (Å²) < 4.78 is 0. The topological polar surface area (TPSA) is 495 Å². The van der Waals surface area contributed by atoms with Gasteiger partial charge in [-0.15, -0.1) is 0 Å². The standard InChI is InChI=1S/C44H83N17O12/c1-8-22(3)32(34(46)65)60-36(67)25(6)55-42(73)33(23(4)9-2)61-40(71)29(20-31(63)64)58-35(66)24(5)54-41(72)30(21-62)59-39(70)28(16-13-19-53-44(49)50)57-38(69)27(15-12-18-52-43(47)48)56-37(68)26(51-7)14-10-11-17-45/h22-30,32-33,51,62H,8-21,45H2,1-7H3,(H2,46,65)(H,54,72)(H,55,73)(H,56,68)(H,57,69)(H,58,66)(H,59,70)(H,60,67)(H,61,71)(H,63,64)(H4,47,48,52)(H4,49,50,53)/t22-,23-,24-,25-,26-,27-,28-,29-,30-,32-,33-/m0/s1. The number of carbonyl (C=O) groups is 10. The van der Waals surface area contributed by atoms with Crippen LogP contribution in [0.25, 0.3) is 0 Å². The Bertz CT molecular complexity index is 1880. The van der Waals surface area contributed by atoms with Gasteiger partial charge < -0.3 is 91.6 Å². The van der Waals surface area contributed by atoms with Gasteiger partial charge in [-0.2, -0.15) is 0 Å². The third-order valence-corrected chi connectivity index (χ3v) is 11.8. The van der Waals surface area contributed by atoms with Gasteiger partial charge in [-0.25, -0.2) is 0 Å². The van der Waals surface area contributed by atoms with Crippen LogP contribution in [0.4, 0.5) is 0 Å². The minimum absolute atomic E-state index is 0.0287. The number of nitrogens with one attached hydrogen (secondary N) is 13.